The van der Waals surface area contributed by atoms with Crippen LogP contribution in [0.1, 0.15) is 13.8 Å². The van der Waals surface area contributed by atoms with Crippen molar-refractivity contribution in [2.75, 3.05) is 31.3 Å². The number of hydrogen-bond donors (Lipinski definition) is 1. The van der Waals surface area contributed by atoms with Crippen LogP contribution in [0, 0.1) is 10.1 Å². The number of thioether (sulfide) groups is 1. The first-order valence-electron chi connectivity index (χ1n) is 9.08. The molecule has 2 aromatic rings. The Morgan fingerprint density at radius 3 is 2.47 bits per heavy atom. The first-order chi connectivity index (χ1) is 14.2. The van der Waals surface area contributed by atoms with Gasteiger partial charge in [-0.15, -0.1) is 11.8 Å². The summed E-state index contributed by atoms with van der Waals surface area (Å²) in [5.41, 5.74) is 0.0781. The standard InChI is InChI=1S/C19H23N3O6S2/c1-4-21(5-2)30(26,27)14-10-11-17(16(12-14)22(24)25)28-13-19(23)20-15-8-6-7-9-18(15)29-3/h6-12H,4-5,13H2,1-3H3,(H,20,23). The van der Waals surface area contributed by atoms with Crippen molar-refractivity contribution in [1.82, 2.24) is 4.31 Å². The van der Waals surface area contributed by atoms with Crippen molar-refractivity contribution in [2.45, 2.75) is 23.6 Å². The summed E-state index contributed by atoms with van der Waals surface area (Å²) in [5.74, 6) is -0.683. The van der Waals surface area contributed by atoms with E-state index >= 15 is 0 Å². The predicted octanol–water partition coefficient (Wildman–Crippen LogP) is 3.36. The van der Waals surface area contributed by atoms with Gasteiger partial charge < -0.3 is 10.1 Å². The summed E-state index contributed by atoms with van der Waals surface area (Å²) in [6, 6.07) is 10.6. The van der Waals surface area contributed by atoms with Crippen molar-refractivity contribution in [3.63, 3.8) is 0 Å². The zero-order chi connectivity index (χ0) is 22.3. The van der Waals surface area contributed by atoms with Gasteiger partial charge in [0.05, 0.1) is 15.5 Å². The van der Waals surface area contributed by atoms with Crippen molar-refractivity contribution >= 4 is 39.1 Å². The highest BCUT2D eigenvalue weighted by atomic mass is 32.2. The van der Waals surface area contributed by atoms with Gasteiger partial charge in [0.25, 0.3) is 5.91 Å². The Balaban J connectivity index is 2.20. The van der Waals surface area contributed by atoms with Crippen LogP contribution in [0.15, 0.2) is 52.3 Å². The summed E-state index contributed by atoms with van der Waals surface area (Å²) in [4.78, 5) is 23.6. The van der Waals surface area contributed by atoms with Crippen molar-refractivity contribution in [2.24, 2.45) is 0 Å². The Hall–Kier alpha value is -2.63. The number of nitrogens with zero attached hydrogens (tertiary/aromatic N) is 2. The normalized spacial score (nSPS) is 11.3. The molecule has 0 aromatic heterocycles. The lowest BCUT2D eigenvalue weighted by Gasteiger charge is -2.18. The molecule has 0 unspecified atom stereocenters. The first kappa shape index (κ1) is 23.6. The Morgan fingerprint density at radius 1 is 1.20 bits per heavy atom. The molecule has 0 heterocycles. The second kappa shape index (κ2) is 10.4. The van der Waals surface area contributed by atoms with Crippen LogP contribution in [0.4, 0.5) is 11.4 Å². The maximum absolute atomic E-state index is 12.6. The van der Waals surface area contributed by atoms with Crippen LogP contribution < -0.4 is 10.1 Å². The van der Waals surface area contributed by atoms with Gasteiger partial charge in [-0.1, -0.05) is 26.0 Å². The number of nitro benzene ring substituents is 1. The smallest absolute Gasteiger partial charge is 0.312 e. The molecule has 162 valence electrons. The van der Waals surface area contributed by atoms with Gasteiger partial charge in [-0.05, 0) is 30.5 Å². The lowest BCUT2D eigenvalue weighted by atomic mass is 10.3. The van der Waals surface area contributed by atoms with E-state index in [1.54, 1.807) is 26.0 Å². The Kier molecular flexibility index (Phi) is 8.21. The summed E-state index contributed by atoms with van der Waals surface area (Å²) in [7, 11) is -3.86. The minimum Gasteiger partial charge on any atom is -0.477 e. The molecule has 0 fully saturated rings. The number of benzene rings is 2. The molecular formula is C19H23N3O6S2. The fourth-order valence-electron chi connectivity index (χ4n) is 2.71. The van der Waals surface area contributed by atoms with E-state index in [-0.39, 0.29) is 23.7 Å². The van der Waals surface area contributed by atoms with Crippen molar-refractivity contribution in [3.05, 3.63) is 52.6 Å². The highest BCUT2D eigenvalue weighted by molar-refractivity contribution is 7.98. The average Bonchev–Trinajstić information content (AvgIpc) is 2.73. The van der Waals surface area contributed by atoms with Crippen LogP contribution in [-0.4, -0.2) is 49.5 Å². The van der Waals surface area contributed by atoms with E-state index in [0.29, 0.717) is 5.69 Å². The molecule has 0 saturated heterocycles. The van der Waals surface area contributed by atoms with E-state index in [2.05, 4.69) is 5.32 Å². The zero-order valence-electron chi connectivity index (χ0n) is 16.8. The van der Waals surface area contributed by atoms with E-state index < -0.39 is 33.1 Å². The summed E-state index contributed by atoms with van der Waals surface area (Å²) in [6.07, 6.45) is 1.87. The SMILES string of the molecule is CCN(CC)S(=O)(=O)c1ccc(OCC(=O)Nc2ccccc2SC)c([N+](=O)[O-])c1. The van der Waals surface area contributed by atoms with E-state index in [4.69, 9.17) is 4.74 Å². The van der Waals surface area contributed by atoms with Crippen LogP contribution in [0.2, 0.25) is 0 Å². The molecule has 0 saturated carbocycles. The Morgan fingerprint density at radius 2 is 1.87 bits per heavy atom. The summed E-state index contributed by atoms with van der Waals surface area (Å²) in [5, 5.41) is 14.1. The molecule has 0 atom stereocenters. The number of para-hydroxylation sites is 1. The van der Waals surface area contributed by atoms with Gasteiger partial charge in [0.15, 0.2) is 12.4 Å². The third-order valence-corrected chi connectivity index (χ3v) is 7.05. The average molecular weight is 454 g/mol. The van der Waals surface area contributed by atoms with Crippen LogP contribution in [-0.2, 0) is 14.8 Å². The molecule has 0 spiro atoms. The number of amides is 1. The monoisotopic (exact) mass is 453 g/mol. The second-order valence-electron chi connectivity index (χ2n) is 6.01. The number of nitrogens with one attached hydrogen (secondary N) is 1. The Labute approximate surface area is 179 Å². The lowest BCUT2D eigenvalue weighted by molar-refractivity contribution is -0.386. The number of carbonyl (C=O) groups is 1. The highest BCUT2D eigenvalue weighted by Crippen LogP contribution is 2.31. The fourth-order valence-corrected chi connectivity index (χ4v) is 4.74. The maximum atomic E-state index is 12.6. The van der Waals surface area contributed by atoms with E-state index in [1.807, 2.05) is 18.4 Å². The zero-order valence-corrected chi connectivity index (χ0v) is 18.5. The Bertz CT molecular complexity index is 1020. The number of hydrogen-bond acceptors (Lipinski definition) is 7. The molecule has 2 aromatic carbocycles. The minimum absolute atomic E-state index is 0.188. The van der Waals surface area contributed by atoms with Gasteiger partial charge in [0.1, 0.15) is 0 Å². The molecule has 1 N–H and O–H groups in total. The number of rotatable bonds is 10. The van der Waals surface area contributed by atoms with Crippen molar-refractivity contribution < 1.29 is 22.9 Å². The van der Waals surface area contributed by atoms with Crippen LogP contribution >= 0.6 is 11.8 Å². The molecule has 0 aliphatic rings. The molecule has 1 amide bonds. The summed E-state index contributed by atoms with van der Waals surface area (Å²) >= 11 is 1.46. The minimum atomic E-state index is -3.86. The quantitative estimate of drug-likeness (QED) is 0.333. The van der Waals surface area contributed by atoms with Gasteiger partial charge >= 0.3 is 5.69 Å². The number of sulfonamides is 1. The topological polar surface area (TPSA) is 119 Å². The lowest BCUT2D eigenvalue weighted by Crippen LogP contribution is -2.30. The molecule has 0 radical (unpaired) electrons. The number of ether oxygens (including phenoxy) is 1. The molecule has 2 rings (SSSR count). The third-order valence-electron chi connectivity index (χ3n) is 4.21. The molecule has 0 bridgehead atoms. The van der Waals surface area contributed by atoms with Crippen molar-refractivity contribution in [3.8, 4) is 5.75 Å². The van der Waals surface area contributed by atoms with Crippen molar-refractivity contribution in [1.29, 1.82) is 0 Å². The van der Waals surface area contributed by atoms with Gasteiger partial charge in [-0.2, -0.15) is 4.31 Å². The molecule has 0 aliphatic heterocycles. The van der Waals surface area contributed by atoms with Gasteiger partial charge in [0.2, 0.25) is 10.0 Å². The largest absolute Gasteiger partial charge is 0.477 e. The van der Waals surface area contributed by atoms with E-state index in [0.717, 1.165) is 11.0 Å². The predicted molar refractivity (Wildman–Crippen MR) is 116 cm³/mol. The van der Waals surface area contributed by atoms with Crippen LogP contribution in [0.3, 0.4) is 0 Å². The third kappa shape index (κ3) is 5.49. The number of nitro groups is 1. The van der Waals surface area contributed by atoms with Gasteiger partial charge in [-0.3, -0.25) is 14.9 Å². The van der Waals surface area contributed by atoms with E-state index in [9.17, 15) is 23.3 Å². The van der Waals surface area contributed by atoms with Crippen LogP contribution in [0.5, 0.6) is 5.75 Å². The fraction of sp³-hybridized carbons (Fsp3) is 0.316. The summed E-state index contributed by atoms with van der Waals surface area (Å²) in [6.45, 7) is 3.37. The molecule has 0 aliphatic carbocycles. The molecule has 11 heteroatoms. The number of carbonyl (C=O) groups excluding carboxylic acids is 1. The van der Waals surface area contributed by atoms with E-state index in [1.165, 1.54) is 28.2 Å². The molecular weight excluding hydrogens is 430 g/mol. The highest BCUT2D eigenvalue weighted by Gasteiger charge is 2.26. The first-order valence-corrected chi connectivity index (χ1v) is 11.7. The van der Waals surface area contributed by atoms with Crippen LogP contribution in [0.25, 0.3) is 0 Å². The summed E-state index contributed by atoms with van der Waals surface area (Å²) < 4.78 is 31.7. The maximum Gasteiger partial charge on any atom is 0.312 e. The molecule has 30 heavy (non-hydrogen) atoms. The number of anilines is 1. The molecule has 9 nitrogen and oxygen atoms in total. The second-order valence-corrected chi connectivity index (χ2v) is 8.80. The van der Waals surface area contributed by atoms with Gasteiger partial charge in [0, 0.05) is 24.1 Å². The van der Waals surface area contributed by atoms with Gasteiger partial charge in [-0.25, -0.2) is 8.42 Å².